The summed E-state index contributed by atoms with van der Waals surface area (Å²) < 4.78 is 10.5. The predicted molar refractivity (Wildman–Crippen MR) is 102 cm³/mol. The van der Waals surface area contributed by atoms with Gasteiger partial charge >= 0.3 is 0 Å². The highest BCUT2D eigenvalue weighted by Gasteiger charge is 2.21. The molecule has 2 N–H and O–H groups in total. The Kier molecular flexibility index (Phi) is 5.94. The van der Waals surface area contributed by atoms with Gasteiger partial charge in [-0.15, -0.1) is 0 Å². The van der Waals surface area contributed by atoms with Crippen LogP contribution in [-0.2, 0) is 4.79 Å². The molecule has 1 saturated carbocycles. The third-order valence-corrected chi connectivity index (χ3v) is 4.66. The molecule has 6 nitrogen and oxygen atoms in total. The number of benzene rings is 1. The molecule has 1 fully saturated rings. The van der Waals surface area contributed by atoms with Gasteiger partial charge in [0.1, 0.15) is 5.82 Å². The van der Waals surface area contributed by atoms with Crippen molar-refractivity contribution in [2.24, 2.45) is 5.92 Å². The third-order valence-electron chi connectivity index (χ3n) is 4.66. The fraction of sp³-hybridized carbons (Fsp3) is 0.400. The molecule has 0 unspecified atom stereocenters. The van der Waals surface area contributed by atoms with Crippen molar-refractivity contribution in [2.45, 2.75) is 32.1 Å². The quantitative estimate of drug-likeness (QED) is 0.805. The molecule has 0 bridgehead atoms. The van der Waals surface area contributed by atoms with E-state index < -0.39 is 0 Å². The molecule has 0 saturated heterocycles. The van der Waals surface area contributed by atoms with E-state index >= 15 is 0 Å². The molecule has 0 radical (unpaired) electrons. The van der Waals surface area contributed by atoms with Gasteiger partial charge in [0.25, 0.3) is 0 Å². The summed E-state index contributed by atoms with van der Waals surface area (Å²) >= 11 is 0. The predicted octanol–water partition coefficient (Wildman–Crippen LogP) is 4.36. The number of pyridine rings is 1. The minimum absolute atomic E-state index is 0.0813. The topological polar surface area (TPSA) is 72.5 Å². The number of hydrogen-bond donors (Lipinski definition) is 2. The van der Waals surface area contributed by atoms with Crippen LogP contribution in [0.25, 0.3) is 0 Å². The summed E-state index contributed by atoms with van der Waals surface area (Å²) in [5.74, 6) is 2.12. The molecule has 2 aromatic rings. The summed E-state index contributed by atoms with van der Waals surface area (Å²) in [7, 11) is 3.21. The van der Waals surface area contributed by atoms with Crippen molar-refractivity contribution >= 4 is 23.1 Å². The first kappa shape index (κ1) is 18.0. The Morgan fingerprint density at radius 1 is 1.00 bits per heavy atom. The van der Waals surface area contributed by atoms with E-state index in [1.807, 2.05) is 30.3 Å². The Balaban J connectivity index is 1.61. The second-order valence-corrected chi connectivity index (χ2v) is 6.45. The maximum Gasteiger partial charge on any atom is 0.228 e. The van der Waals surface area contributed by atoms with Crippen LogP contribution in [0, 0.1) is 5.92 Å². The van der Waals surface area contributed by atoms with Gasteiger partial charge in [0.05, 0.1) is 26.1 Å². The Morgan fingerprint density at radius 3 is 2.38 bits per heavy atom. The van der Waals surface area contributed by atoms with Crippen LogP contribution in [0.2, 0.25) is 0 Å². The van der Waals surface area contributed by atoms with E-state index in [4.69, 9.17) is 9.47 Å². The number of carbonyl (C=O) groups excluding carboxylic acids is 1. The van der Waals surface area contributed by atoms with E-state index in [0.717, 1.165) is 37.1 Å². The molecule has 6 heteroatoms. The van der Waals surface area contributed by atoms with Crippen LogP contribution in [0.4, 0.5) is 17.2 Å². The molecule has 1 aromatic carbocycles. The second-order valence-electron chi connectivity index (χ2n) is 6.45. The van der Waals surface area contributed by atoms with Gasteiger partial charge in [-0.3, -0.25) is 4.79 Å². The minimum atomic E-state index is 0.0813. The van der Waals surface area contributed by atoms with E-state index in [9.17, 15) is 4.79 Å². The largest absolute Gasteiger partial charge is 0.493 e. The Bertz CT molecular complexity index is 740. The maximum absolute atomic E-state index is 12.3. The van der Waals surface area contributed by atoms with Crippen molar-refractivity contribution in [2.75, 3.05) is 24.9 Å². The molecule has 0 atom stereocenters. The SMILES string of the molecule is COc1ccc(Nc2ccc(NC(=O)C3CCCCC3)nc2)cc1OC. The number of hydrogen-bond acceptors (Lipinski definition) is 5. The normalized spacial score (nSPS) is 14.5. The first-order valence-corrected chi connectivity index (χ1v) is 8.95. The van der Waals surface area contributed by atoms with Gasteiger partial charge in [-0.2, -0.15) is 0 Å². The average Bonchev–Trinajstić information content (AvgIpc) is 2.70. The van der Waals surface area contributed by atoms with Crippen LogP contribution >= 0.6 is 0 Å². The number of amides is 1. The first-order chi connectivity index (χ1) is 12.7. The molecule has 138 valence electrons. The lowest BCUT2D eigenvalue weighted by Gasteiger charge is -2.20. The molecule has 1 aliphatic rings. The summed E-state index contributed by atoms with van der Waals surface area (Å²) in [5.41, 5.74) is 1.69. The van der Waals surface area contributed by atoms with E-state index in [1.54, 1.807) is 20.4 Å². The molecule has 1 aliphatic carbocycles. The lowest BCUT2D eigenvalue weighted by Crippen LogP contribution is -2.25. The highest BCUT2D eigenvalue weighted by atomic mass is 16.5. The Labute approximate surface area is 153 Å². The number of aromatic nitrogens is 1. The van der Waals surface area contributed by atoms with Crippen molar-refractivity contribution in [3.63, 3.8) is 0 Å². The fourth-order valence-corrected chi connectivity index (χ4v) is 3.22. The first-order valence-electron chi connectivity index (χ1n) is 8.95. The van der Waals surface area contributed by atoms with Crippen LogP contribution in [0.1, 0.15) is 32.1 Å². The monoisotopic (exact) mass is 355 g/mol. The smallest absolute Gasteiger partial charge is 0.228 e. The molecular formula is C20H25N3O3. The van der Waals surface area contributed by atoms with E-state index in [1.165, 1.54) is 6.42 Å². The molecule has 0 aliphatic heterocycles. The van der Waals surface area contributed by atoms with Crippen molar-refractivity contribution in [3.8, 4) is 11.5 Å². The molecule has 26 heavy (non-hydrogen) atoms. The van der Waals surface area contributed by atoms with Crippen LogP contribution in [0.15, 0.2) is 36.5 Å². The van der Waals surface area contributed by atoms with E-state index in [0.29, 0.717) is 17.3 Å². The highest BCUT2D eigenvalue weighted by Crippen LogP contribution is 2.31. The number of methoxy groups -OCH3 is 2. The van der Waals surface area contributed by atoms with Crippen LogP contribution < -0.4 is 20.1 Å². The zero-order valence-corrected chi connectivity index (χ0v) is 15.2. The van der Waals surface area contributed by atoms with Gasteiger partial charge in [0.2, 0.25) is 5.91 Å². The Hall–Kier alpha value is -2.76. The molecule has 1 aromatic heterocycles. The van der Waals surface area contributed by atoms with Crippen molar-refractivity contribution in [1.29, 1.82) is 0 Å². The molecule has 1 amide bonds. The summed E-state index contributed by atoms with van der Waals surface area (Å²) in [4.78, 5) is 16.6. The lowest BCUT2D eigenvalue weighted by molar-refractivity contribution is -0.120. The van der Waals surface area contributed by atoms with Crippen molar-refractivity contribution < 1.29 is 14.3 Å². The van der Waals surface area contributed by atoms with Gasteiger partial charge in [-0.05, 0) is 37.1 Å². The van der Waals surface area contributed by atoms with Gasteiger partial charge in [-0.25, -0.2) is 4.98 Å². The van der Waals surface area contributed by atoms with E-state index in [-0.39, 0.29) is 11.8 Å². The summed E-state index contributed by atoms with van der Waals surface area (Å²) in [6, 6.07) is 9.30. The number of nitrogens with zero attached hydrogens (tertiary/aromatic N) is 1. The molecule has 1 heterocycles. The van der Waals surface area contributed by atoms with Gasteiger partial charge in [-0.1, -0.05) is 19.3 Å². The number of rotatable bonds is 6. The maximum atomic E-state index is 12.3. The van der Waals surface area contributed by atoms with Gasteiger partial charge < -0.3 is 20.1 Å². The van der Waals surface area contributed by atoms with Gasteiger partial charge in [0, 0.05) is 17.7 Å². The van der Waals surface area contributed by atoms with Crippen molar-refractivity contribution in [3.05, 3.63) is 36.5 Å². The number of nitrogens with one attached hydrogen (secondary N) is 2. The summed E-state index contributed by atoms with van der Waals surface area (Å²) in [6.07, 6.45) is 7.17. The number of ether oxygens (including phenoxy) is 2. The number of carbonyl (C=O) groups is 1. The highest BCUT2D eigenvalue weighted by molar-refractivity contribution is 5.91. The van der Waals surface area contributed by atoms with Gasteiger partial charge in [0.15, 0.2) is 11.5 Å². The fourth-order valence-electron chi connectivity index (χ4n) is 3.22. The molecular weight excluding hydrogens is 330 g/mol. The summed E-state index contributed by atoms with van der Waals surface area (Å²) in [5, 5.41) is 6.18. The van der Waals surface area contributed by atoms with Crippen LogP contribution in [0.3, 0.4) is 0 Å². The summed E-state index contributed by atoms with van der Waals surface area (Å²) in [6.45, 7) is 0. The number of anilines is 3. The van der Waals surface area contributed by atoms with Crippen molar-refractivity contribution in [1.82, 2.24) is 4.98 Å². The zero-order valence-electron chi connectivity index (χ0n) is 15.2. The zero-order chi connectivity index (χ0) is 18.4. The Morgan fingerprint density at radius 2 is 1.73 bits per heavy atom. The standard InChI is InChI=1S/C20H25N3O3/c1-25-17-10-8-15(12-18(17)26-2)22-16-9-11-19(21-13-16)23-20(24)14-6-4-3-5-7-14/h8-14,22H,3-7H2,1-2H3,(H,21,23,24). The third kappa shape index (κ3) is 4.45. The minimum Gasteiger partial charge on any atom is -0.493 e. The lowest BCUT2D eigenvalue weighted by atomic mass is 9.89. The second kappa shape index (κ2) is 8.56. The van der Waals surface area contributed by atoms with Crippen LogP contribution in [0.5, 0.6) is 11.5 Å². The average molecular weight is 355 g/mol. The molecule has 3 rings (SSSR count). The van der Waals surface area contributed by atoms with E-state index in [2.05, 4.69) is 15.6 Å². The van der Waals surface area contributed by atoms with Crippen LogP contribution in [-0.4, -0.2) is 25.1 Å². The molecule has 0 spiro atoms.